The number of hydrogen-bond acceptors (Lipinski definition) is 2. The van der Waals surface area contributed by atoms with Crippen LogP contribution in [-0.4, -0.2) is 4.57 Å². The Morgan fingerprint density at radius 2 is 1.85 bits per heavy atom. The summed E-state index contributed by atoms with van der Waals surface area (Å²) in [5.41, 5.74) is 4.32. The van der Waals surface area contributed by atoms with Crippen molar-refractivity contribution in [2.24, 2.45) is 0 Å². The summed E-state index contributed by atoms with van der Waals surface area (Å²) in [4.78, 5) is 14.0. The Kier molecular flexibility index (Phi) is 2.60. The van der Waals surface area contributed by atoms with Gasteiger partial charge in [-0.2, -0.15) is 0 Å². The van der Waals surface area contributed by atoms with E-state index >= 15 is 0 Å². The summed E-state index contributed by atoms with van der Waals surface area (Å²) in [6.07, 6.45) is 0.948. The second kappa shape index (κ2) is 4.46. The number of benzene rings is 1. The van der Waals surface area contributed by atoms with E-state index in [4.69, 9.17) is 0 Å². The summed E-state index contributed by atoms with van der Waals surface area (Å²) >= 11 is 1.72. The molecule has 0 spiro atoms. The number of rotatable bonds is 1. The monoisotopic (exact) mass is 279 g/mol. The molecule has 0 saturated carbocycles. The molecule has 0 aliphatic carbocycles. The lowest BCUT2D eigenvalue weighted by Gasteiger charge is -2.19. The summed E-state index contributed by atoms with van der Waals surface area (Å²) in [7, 11) is 0. The van der Waals surface area contributed by atoms with Gasteiger partial charge in [0.25, 0.3) is 5.56 Å². The van der Waals surface area contributed by atoms with Gasteiger partial charge in [0.2, 0.25) is 0 Å². The van der Waals surface area contributed by atoms with Gasteiger partial charge in [-0.05, 0) is 41.1 Å². The molecule has 98 valence electrons. The van der Waals surface area contributed by atoms with Crippen LogP contribution in [0.5, 0.6) is 0 Å². The van der Waals surface area contributed by atoms with E-state index in [0.717, 1.165) is 29.8 Å². The van der Waals surface area contributed by atoms with E-state index in [1.54, 1.807) is 11.3 Å². The van der Waals surface area contributed by atoms with Crippen LogP contribution in [0.4, 0.5) is 0 Å². The molecule has 3 heterocycles. The van der Waals surface area contributed by atoms with Crippen molar-refractivity contribution >= 4 is 11.3 Å². The highest BCUT2D eigenvalue weighted by Crippen LogP contribution is 2.33. The number of aryl methyl sites for hydroxylation is 1. The molecule has 0 N–H and O–H groups in total. The highest BCUT2D eigenvalue weighted by molar-refractivity contribution is 7.13. The van der Waals surface area contributed by atoms with Crippen molar-refractivity contribution in [2.75, 3.05) is 0 Å². The minimum atomic E-state index is 0.118. The summed E-state index contributed by atoms with van der Waals surface area (Å²) in [5, 5.41) is 2.11. The Balaban J connectivity index is 1.95. The van der Waals surface area contributed by atoms with Crippen LogP contribution in [0.2, 0.25) is 0 Å². The Morgan fingerprint density at radius 3 is 2.70 bits per heavy atom. The second-order valence-corrected chi connectivity index (χ2v) is 5.90. The quantitative estimate of drug-likeness (QED) is 0.664. The molecular formula is C17H13NOS. The first kappa shape index (κ1) is 11.7. The highest BCUT2D eigenvalue weighted by atomic mass is 32.1. The van der Waals surface area contributed by atoms with Crippen molar-refractivity contribution in [1.29, 1.82) is 0 Å². The molecule has 20 heavy (non-hydrogen) atoms. The lowest BCUT2D eigenvalue weighted by atomic mass is 10.0. The maximum atomic E-state index is 12.7. The van der Waals surface area contributed by atoms with Gasteiger partial charge in [0.1, 0.15) is 0 Å². The Bertz CT molecular complexity index is 830. The van der Waals surface area contributed by atoms with Crippen molar-refractivity contribution in [3.63, 3.8) is 0 Å². The third-order valence-electron chi connectivity index (χ3n) is 3.84. The number of nitrogens with zero attached hydrogens (tertiary/aromatic N) is 1. The van der Waals surface area contributed by atoms with Crippen molar-refractivity contribution in [3.05, 3.63) is 69.8 Å². The predicted molar refractivity (Wildman–Crippen MR) is 83.2 cm³/mol. The molecule has 0 amide bonds. The van der Waals surface area contributed by atoms with E-state index in [-0.39, 0.29) is 5.56 Å². The molecule has 2 nitrogen and oxygen atoms in total. The molecular weight excluding hydrogens is 266 g/mol. The van der Waals surface area contributed by atoms with Crippen LogP contribution in [-0.2, 0) is 13.0 Å². The standard InChI is InChI=1S/C17H13NOS/c19-17-14(12-4-2-1-3-5-12)6-7-15-16-13(9-11-20-16)8-10-18(15)17/h1-7,9,11H,8,10H2. The summed E-state index contributed by atoms with van der Waals surface area (Å²) in [5.74, 6) is 0. The molecule has 1 aromatic carbocycles. The van der Waals surface area contributed by atoms with Gasteiger partial charge in [-0.1, -0.05) is 30.3 Å². The van der Waals surface area contributed by atoms with Crippen molar-refractivity contribution in [3.8, 4) is 21.7 Å². The number of aromatic nitrogens is 1. The Hall–Kier alpha value is -2.13. The SMILES string of the molecule is O=c1c(-c2ccccc2)ccc2n1CCc1ccsc1-2. The minimum Gasteiger partial charge on any atom is -0.307 e. The molecule has 2 aromatic heterocycles. The fourth-order valence-electron chi connectivity index (χ4n) is 2.83. The maximum Gasteiger partial charge on any atom is 0.258 e. The fraction of sp³-hybridized carbons (Fsp3) is 0.118. The molecule has 0 bridgehead atoms. The van der Waals surface area contributed by atoms with Gasteiger partial charge in [-0.25, -0.2) is 0 Å². The molecule has 1 aliphatic heterocycles. The van der Waals surface area contributed by atoms with E-state index in [1.165, 1.54) is 10.4 Å². The largest absolute Gasteiger partial charge is 0.307 e. The normalized spacial score (nSPS) is 12.8. The van der Waals surface area contributed by atoms with Crippen LogP contribution in [0.1, 0.15) is 5.56 Å². The molecule has 0 unspecified atom stereocenters. The predicted octanol–water partition coefficient (Wildman–Crippen LogP) is 3.80. The average molecular weight is 279 g/mol. The third kappa shape index (κ3) is 1.67. The van der Waals surface area contributed by atoms with Crippen LogP contribution >= 0.6 is 11.3 Å². The summed E-state index contributed by atoms with van der Waals surface area (Å²) < 4.78 is 1.92. The zero-order valence-corrected chi connectivity index (χ0v) is 11.7. The zero-order chi connectivity index (χ0) is 13.5. The van der Waals surface area contributed by atoms with Crippen molar-refractivity contribution in [2.45, 2.75) is 13.0 Å². The van der Waals surface area contributed by atoms with Gasteiger partial charge in [0.15, 0.2) is 0 Å². The minimum absolute atomic E-state index is 0.118. The number of thiophene rings is 1. The molecule has 0 fully saturated rings. The van der Waals surface area contributed by atoms with Gasteiger partial charge in [0.05, 0.1) is 10.6 Å². The maximum absolute atomic E-state index is 12.7. The van der Waals surface area contributed by atoms with E-state index in [1.807, 2.05) is 41.0 Å². The first-order valence-corrected chi connectivity index (χ1v) is 7.58. The van der Waals surface area contributed by atoms with Crippen LogP contribution in [0.25, 0.3) is 21.7 Å². The van der Waals surface area contributed by atoms with Gasteiger partial charge in [0, 0.05) is 12.1 Å². The van der Waals surface area contributed by atoms with Gasteiger partial charge in [-0.15, -0.1) is 11.3 Å². The molecule has 1 aliphatic rings. The topological polar surface area (TPSA) is 22.0 Å². The Labute approximate surface area is 121 Å². The van der Waals surface area contributed by atoms with Crippen LogP contribution in [0.3, 0.4) is 0 Å². The molecule has 0 radical (unpaired) electrons. The van der Waals surface area contributed by atoms with Gasteiger partial charge >= 0.3 is 0 Å². The third-order valence-corrected chi connectivity index (χ3v) is 4.82. The first-order chi connectivity index (χ1) is 9.84. The van der Waals surface area contributed by atoms with Crippen LogP contribution in [0.15, 0.2) is 58.7 Å². The lowest BCUT2D eigenvalue weighted by molar-refractivity contribution is 0.664. The zero-order valence-electron chi connectivity index (χ0n) is 10.9. The second-order valence-electron chi connectivity index (χ2n) is 4.98. The molecule has 0 atom stereocenters. The van der Waals surface area contributed by atoms with E-state index in [2.05, 4.69) is 17.5 Å². The van der Waals surface area contributed by atoms with Gasteiger partial charge < -0.3 is 4.57 Å². The summed E-state index contributed by atoms with van der Waals surface area (Å²) in [6, 6.07) is 16.1. The van der Waals surface area contributed by atoms with E-state index in [0.29, 0.717) is 0 Å². The molecule has 4 rings (SSSR count). The number of pyridine rings is 1. The first-order valence-electron chi connectivity index (χ1n) is 6.70. The highest BCUT2D eigenvalue weighted by Gasteiger charge is 2.19. The van der Waals surface area contributed by atoms with Crippen molar-refractivity contribution in [1.82, 2.24) is 4.57 Å². The van der Waals surface area contributed by atoms with E-state index in [9.17, 15) is 4.79 Å². The molecule has 3 heteroatoms. The molecule has 3 aromatic rings. The lowest BCUT2D eigenvalue weighted by Crippen LogP contribution is -2.26. The smallest absolute Gasteiger partial charge is 0.258 e. The molecule has 0 saturated heterocycles. The van der Waals surface area contributed by atoms with Crippen LogP contribution < -0.4 is 5.56 Å². The van der Waals surface area contributed by atoms with Crippen LogP contribution in [0, 0.1) is 0 Å². The Morgan fingerprint density at radius 1 is 1.00 bits per heavy atom. The summed E-state index contributed by atoms with van der Waals surface area (Å²) in [6.45, 7) is 0.776. The fourth-order valence-corrected chi connectivity index (χ4v) is 3.81. The number of fused-ring (bicyclic) bond motifs is 3. The van der Waals surface area contributed by atoms with Crippen molar-refractivity contribution < 1.29 is 0 Å². The van der Waals surface area contributed by atoms with Gasteiger partial charge in [-0.3, -0.25) is 4.79 Å². The number of hydrogen-bond donors (Lipinski definition) is 0. The average Bonchev–Trinajstić information content (AvgIpc) is 2.97. The van der Waals surface area contributed by atoms with E-state index < -0.39 is 0 Å².